The van der Waals surface area contributed by atoms with Crippen LogP contribution in [0.3, 0.4) is 0 Å². The summed E-state index contributed by atoms with van der Waals surface area (Å²) in [6.07, 6.45) is 1.19. The maximum Gasteiger partial charge on any atom is 0.167 e. The summed E-state index contributed by atoms with van der Waals surface area (Å²) in [5.41, 5.74) is 3.35. The highest BCUT2D eigenvalue weighted by Crippen LogP contribution is 2.37. The summed E-state index contributed by atoms with van der Waals surface area (Å²) in [5.74, 6) is 0.180. The zero-order valence-corrected chi connectivity index (χ0v) is 11.8. The molecule has 0 spiro atoms. The zero-order valence-electron chi connectivity index (χ0n) is 10.3. The van der Waals surface area contributed by atoms with E-state index in [1.54, 1.807) is 12.1 Å². The van der Waals surface area contributed by atoms with Crippen LogP contribution in [-0.2, 0) is 6.42 Å². The topological polar surface area (TPSA) is 45.8 Å². The maximum atomic E-state index is 12.2. The van der Waals surface area contributed by atoms with E-state index in [1.807, 2.05) is 13.0 Å². The first-order chi connectivity index (χ1) is 9.06. The summed E-state index contributed by atoms with van der Waals surface area (Å²) in [5, 5.41) is 8.35. The van der Waals surface area contributed by atoms with Gasteiger partial charge >= 0.3 is 0 Å². The summed E-state index contributed by atoms with van der Waals surface area (Å²) < 4.78 is 0. The predicted molar refractivity (Wildman–Crippen MR) is 75.2 cm³/mol. The molecule has 19 heavy (non-hydrogen) atoms. The number of Topliss-reactive ketones (excluding diaryl/α,β-unsaturated/α-hetero) is 1. The largest absolute Gasteiger partial charge is 0.294 e. The molecule has 1 aliphatic carbocycles. The Bertz CT molecular complexity index is 663. The van der Waals surface area contributed by atoms with E-state index in [0.717, 1.165) is 28.9 Å². The third-order valence-electron chi connectivity index (χ3n) is 3.58. The minimum Gasteiger partial charge on any atom is -0.294 e. The van der Waals surface area contributed by atoms with Crippen LogP contribution in [0.25, 0.3) is 0 Å². The predicted octanol–water partition coefficient (Wildman–Crippen LogP) is 3.94. The number of aromatic amines is 1. The number of hydrogen-bond acceptors (Lipinski definition) is 2. The van der Waals surface area contributed by atoms with E-state index in [-0.39, 0.29) is 11.7 Å². The van der Waals surface area contributed by atoms with Gasteiger partial charge < -0.3 is 0 Å². The lowest BCUT2D eigenvalue weighted by Gasteiger charge is -2.22. The Balaban J connectivity index is 2.01. The van der Waals surface area contributed by atoms with Crippen LogP contribution in [0.5, 0.6) is 0 Å². The van der Waals surface area contributed by atoms with Crippen molar-refractivity contribution in [2.45, 2.75) is 25.7 Å². The number of halogens is 2. The summed E-state index contributed by atoms with van der Waals surface area (Å²) in [6, 6.07) is 5.37. The summed E-state index contributed by atoms with van der Waals surface area (Å²) >= 11 is 12.2. The smallest absolute Gasteiger partial charge is 0.167 e. The Kier molecular flexibility index (Phi) is 3.11. The molecule has 0 saturated carbocycles. The summed E-state index contributed by atoms with van der Waals surface area (Å²) in [4.78, 5) is 12.2. The molecule has 1 heterocycles. The first-order valence-corrected chi connectivity index (χ1v) is 6.84. The van der Waals surface area contributed by atoms with Crippen LogP contribution in [0, 0.1) is 6.92 Å². The number of aryl methyl sites for hydroxylation is 1. The molecule has 1 unspecified atom stereocenters. The first-order valence-electron chi connectivity index (χ1n) is 6.08. The molecule has 2 aromatic rings. The number of benzene rings is 1. The molecule has 0 radical (unpaired) electrons. The van der Waals surface area contributed by atoms with Crippen LogP contribution < -0.4 is 0 Å². The van der Waals surface area contributed by atoms with Crippen LogP contribution in [0.1, 0.15) is 39.6 Å². The van der Waals surface area contributed by atoms with Crippen molar-refractivity contribution >= 4 is 29.0 Å². The van der Waals surface area contributed by atoms with Gasteiger partial charge in [-0.3, -0.25) is 9.89 Å². The average molecular weight is 295 g/mol. The van der Waals surface area contributed by atoms with Crippen molar-refractivity contribution in [3.8, 4) is 0 Å². The number of ketones is 1. The quantitative estimate of drug-likeness (QED) is 0.866. The molecule has 0 amide bonds. The van der Waals surface area contributed by atoms with Crippen molar-refractivity contribution in [3.63, 3.8) is 0 Å². The number of carbonyl (C=O) groups excluding carboxylic acids is 1. The van der Waals surface area contributed by atoms with Gasteiger partial charge in [-0.1, -0.05) is 23.2 Å². The van der Waals surface area contributed by atoms with Gasteiger partial charge in [0.15, 0.2) is 5.78 Å². The number of nitrogens with one attached hydrogen (secondary N) is 1. The van der Waals surface area contributed by atoms with Gasteiger partial charge in [0.2, 0.25) is 0 Å². The summed E-state index contributed by atoms with van der Waals surface area (Å²) in [7, 11) is 0. The SMILES string of the molecule is Cc1n[nH]c2c1C(=O)CC(c1cc(Cl)ccc1Cl)C2. The van der Waals surface area contributed by atoms with Crippen molar-refractivity contribution < 1.29 is 4.79 Å². The summed E-state index contributed by atoms with van der Waals surface area (Å²) in [6.45, 7) is 1.85. The molecule has 0 bridgehead atoms. The molecule has 5 heteroatoms. The third kappa shape index (κ3) is 2.17. The molecule has 0 aliphatic heterocycles. The fourth-order valence-corrected chi connectivity index (χ4v) is 3.14. The van der Waals surface area contributed by atoms with Crippen molar-refractivity contribution in [1.82, 2.24) is 10.2 Å². The second-order valence-corrected chi connectivity index (χ2v) is 5.70. The van der Waals surface area contributed by atoms with Gasteiger partial charge in [-0.15, -0.1) is 0 Å². The standard InChI is InChI=1S/C14H12Cl2N2O/c1-7-14-12(18-17-7)4-8(5-13(14)19)10-6-9(15)2-3-11(10)16/h2-3,6,8H,4-5H2,1H3,(H,17,18). The Morgan fingerprint density at radius 3 is 2.89 bits per heavy atom. The fourth-order valence-electron chi connectivity index (χ4n) is 2.69. The molecule has 1 atom stereocenters. The number of aromatic nitrogens is 2. The van der Waals surface area contributed by atoms with Crippen LogP contribution >= 0.6 is 23.2 Å². The highest BCUT2D eigenvalue weighted by molar-refractivity contribution is 6.33. The van der Waals surface area contributed by atoms with Gasteiger partial charge in [0.05, 0.1) is 11.3 Å². The minimum atomic E-state index is 0.0612. The number of fused-ring (bicyclic) bond motifs is 1. The molecule has 1 aliphatic rings. The number of carbonyl (C=O) groups is 1. The maximum absolute atomic E-state index is 12.2. The molecule has 1 aromatic carbocycles. The number of H-pyrrole nitrogens is 1. The van der Waals surface area contributed by atoms with E-state index in [1.165, 1.54) is 0 Å². The van der Waals surface area contributed by atoms with Gasteiger partial charge in [-0.2, -0.15) is 5.10 Å². The number of hydrogen-bond donors (Lipinski definition) is 1. The molecule has 98 valence electrons. The van der Waals surface area contributed by atoms with Crippen molar-refractivity contribution in [3.05, 3.63) is 50.8 Å². The second-order valence-electron chi connectivity index (χ2n) is 4.86. The molecule has 3 rings (SSSR count). The first kappa shape index (κ1) is 12.7. The van der Waals surface area contributed by atoms with E-state index in [0.29, 0.717) is 16.5 Å². The minimum absolute atomic E-state index is 0.0612. The third-order valence-corrected chi connectivity index (χ3v) is 4.16. The van der Waals surface area contributed by atoms with E-state index in [9.17, 15) is 4.79 Å². The molecular formula is C14H12Cl2N2O. The Morgan fingerprint density at radius 1 is 1.32 bits per heavy atom. The lowest BCUT2D eigenvalue weighted by molar-refractivity contribution is 0.0963. The lowest BCUT2D eigenvalue weighted by Crippen LogP contribution is -2.19. The Hall–Kier alpha value is -1.32. The number of nitrogens with zero attached hydrogens (tertiary/aromatic N) is 1. The van der Waals surface area contributed by atoms with Crippen LogP contribution in [0.4, 0.5) is 0 Å². The monoisotopic (exact) mass is 294 g/mol. The lowest BCUT2D eigenvalue weighted by atomic mass is 9.82. The normalized spacial score (nSPS) is 18.5. The Labute approximate surface area is 120 Å². The van der Waals surface area contributed by atoms with E-state index in [2.05, 4.69) is 10.2 Å². The van der Waals surface area contributed by atoms with Crippen molar-refractivity contribution in [1.29, 1.82) is 0 Å². The van der Waals surface area contributed by atoms with Crippen molar-refractivity contribution in [2.75, 3.05) is 0 Å². The van der Waals surface area contributed by atoms with Crippen LogP contribution in [-0.4, -0.2) is 16.0 Å². The van der Waals surface area contributed by atoms with Gasteiger partial charge in [0, 0.05) is 22.2 Å². The van der Waals surface area contributed by atoms with Crippen LogP contribution in [0.2, 0.25) is 10.0 Å². The molecule has 1 N–H and O–H groups in total. The fraction of sp³-hybridized carbons (Fsp3) is 0.286. The molecule has 0 fully saturated rings. The zero-order chi connectivity index (χ0) is 13.6. The van der Waals surface area contributed by atoms with Gasteiger partial charge in [-0.05, 0) is 43.0 Å². The molecule has 0 saturated heterocycles. The van der Waals surface area contributed by atoms with E-state index >= 15 is 0 Å². The molecule has 3 nitrogen and oxygen atoms in total. The number of rotatable bonds is 1. The van der Waals surface area contributed by atoms with E-state index in [4.69, 9.17) is 23.2 Å². The van der Waals surface area contributed by atoms with Gasteiger partial charge in [0.1, 0.15) is 0 Å². The average Bonchev–Trinajstić information content (AvgIpc) is 2.74. The Morgan fingerprint density at radius 2 is 2.11 bits per heavy atom. The van der Waals surface area contributed by atoms with E-state index < -0.39 is 0 Å². The second kappa shape index (κ2) is 4.66. The van der Waals surface area contributed by atoms with Crippen LogP contribution in [0.15, 0.2) is 18.2 Å². The highest BCUT2D eigenvalue weighted by Gasteiger charge is 2.30. The highest BCUT2D eigenvalue weighted by atomic mass is 35.5. The van der Waals surface area contributed by atoms with Crippen molar-refractivity contribution in [2.24, 2.45) is 0 Å². The molecular weight excluding hydrogens is 283 g/mol. The molecule has 1 aromatic heterocycles. The van der Waals surface area contributed by atoms with Gasteiger partial charge in [-0.25, -0.2) is 0 Å². The van der Waals surface area contributed by atoms with Gasteiger partial charge in [0.25, 0.3) is 0 Å².